The van der Waals surface area contributed by atoms with Gasteiger partial charge in [-0.1, -0.05) is 68.0 Å². The lowest BCUT2D eigenvalue weighted by Gasteiger charge is -2.05. The largest absolute Gasteiger partial charge is 0.251 e. The molecule has 4 heteroatoms. The molecule has 0 radical (unpaired) electrons. The van der Waals surface area contributed by atoms with Gasteiger partial charge in [0.1, 0.15) is 0 Å². The van der Waals surface area contributed by atoms with Crippen LogP contribution in [0, 0.1) is 29.6 Å². The number of hydrogen-bond donors (Lipinski definition) is 0. The predicted molar refractivity (Wildman–Crippen MR) is 105 cm³/mol. The standard InChI is InChI=1S/C24H20F3N/c1-2-3-4-5-17-6-11-19(12-7-17)20-13-8-18(9-14-20)10-15-21-16-22(25)24(27)28-23(21)26/h6-9,11-14,16H,2-5H2,1H3. The zero-order valence-corrected chi connectivity index (χ0v) is 15.6. The van der Waals surface area contributed by atoms with Crippen LogP contribution in [0.1, 0.15) is 42.9 Å². The SMILES string of the molecule is CCCCCc1ccc(-c2ccc(C#Cc3cc(F)c(F)nc3F)cc2)cc1. The van der Waals surface area contributed by atoms with Crippen molar-refractivity contribution in [2.24, 2.45) is 0 Å². The van der Waals surface area contributed by atoms with E-state index in [4.69, 9.17) is 0 Å². The van der Waals surface area contributed by atoms with Gasteiger partial charge in [0.15, 0.2) is 5.82 Å². The Morgan fingerprint density at radius 1 is 0.786 bits per heavy atom. The van der Waals surface area contributed by atoms with Crippen molar-refractivity contribution < 1.29 is 13.2 Å². The monoisotopic (exact) mass is 379 g/mol. The van der Waals surface area contributed by atoms with Gasteiger partial charge < -0.3 is 0 Å². The summed E-state index contributed by atoms with van der Waals surface area (Å²) in [6.45, 7) is 2.20. The van der Waals surface area contributed by atoms with Gasteiger partial charge >= 0.3 is 0 Å². The van der Waals surface area contributed by atoms with Crippen LogP contribution in [0.3, 0.4) is 0 Å². The number of aromatic nitrogens is 1. The Balaban J connectivity index is 1.71. The number of rotatable bonds is 5. The summed E-state index contributed by atoms with van der Waals surface area (Å²) in [6, 6.07) is 16.7. The van der Waals surface area contributed by atoms with Crippen molar-refractivity contribution in [3.05, 3.63) is 89.0 Å². The Labute approximate surface area is 163 Å². The van der Waals surface area contributed by atoms with E-state index in [9.17, 15) is 13.2 Å². The molecular formula is C24H20F3N. The van der Waals surface area contributed by atoms with Crippen LogP contribution in [-0.2, 0) is 6.42 Å². The zero-order chi connectivity index (χ0) is 19.9. The van der Waals surface area contributed by atoms with E-state index in [1.54, 1.807) is 0 Å². The molecule has 2 aromatic carbocycles. The van der Waals surface area contributed by atoms with E-state index in [2.05, 4.69) is 48.0 Å². The minimum Gasteiger partial charge on any atom is -0.202 e. The third-order valence-electron chi connectivity index (χ3n) is 4.47. The van der Waals surface area contributed by atoms with Crippen LogP contribution in [0.2, 0.25) is 0 Å². The van der Waals surface area contributed by atoms with Gasteiger partial charge in [-0.05, 0) is 47.7 Å². The van der Waals surface area contributed by atoms with Gasteiger partial charge in [0.25, 0.3) is 5.95 Å². The van der Waals surface area contributed by atoms with E-state index >= 15 is 0 Å². The van der Waals surface area contributed by atoms with Crippen molar-refractivity contribution in [2.75, 3.05) is 0 Å². The molecule has 0 N–H and O–H groups in total. The van der Waals surface area contributed by atoms with Crippen LogP contribution < -0.4 is 0 Å². The molecule has 0 aliphatic rings. The molecule has 1 nitrogen and oxygen atoms in total. The van der Waals surface area contributed by atoms with Crippen LogP contribution >= 0.6 is 0 Å². The Morgan fingerprint density at radius 3 is 2.07 bits per heavy atom. The summed E-state index contributed by atoms with van der Waals surface area (Å²) in [5.41, 5.74) is 3.86. The number of nitrogens with zero attached hydrogens (tertiary/aromatic N) is 1. The maximum absolute atomic E-state index is 13.5. The molecule has 0 fully saturated rings. The molecule has 1 heterocycles. The van der Waals surface area contributed by atoms with Crippen LogP contribution in [0.5, 0.6) is 0 Å². The number of halogens is 3. The van der Waals surface area contributed by atoms with Gasteiger partial charge in [-0.25, -0.2) is 4.39 Å². The number of unbranched alkanes of at least 4 members (excludes halogenated alkanes) is 2. The van der Waals surface area contributed by atoms with Crippen LogP contribution in [-0.4, -0.2) is 4.98 Å². The molecule has 0 aliphatic carbocycles. The molecule has 0 aliphatic heterocycles. The second kappa shape index (κ2) is 9.23. The van der Waals surface area contributed by atoms with Gasteiger partial charge in [-0.3, -0.25) is 0 Å². The molecule has 0 saturated carbocycles. The highest BCUT2D eigenvalue weighted by atomic mass is 19.2. The number of hydrogen-bond acceptors (Lipinski definition) is 1. The minimum absolute atomic E-state index is 0.276. The van der Waals surface area contributed by atoms with E-state index in [1.807, 2.05) is 24.3 Å². The number of aryl methyl sites for hydroxylation is 1. The summed E-state index contributed by atoms with van der Waals surface area (Å²) in [5.74, 6) is 1.43. The predicted octanol–water partition coefficient (Wildman–Crippen LogP) is 6.30. The summed E-state index contributed by atoms with van der Waals surface area (Å²) in [5, 5.41) is 0. The van der Waals surface area contributed by atoms with Crippen molar-refractivity contribution in [1.29, 1.82) is 0 Å². The molecule has 3 rings (SSSR count). The second-order valence-electron chi connectivity index (χ2n) is 6.58. The van der Waals surface area contributed by atoms with Gasteiger partial charge in [-0.15, -0.1) is 0 Å². The zero-order valence-electron chi connectivity index (χ0n) is 15.6. The van der Waals surface area contributed by atoms with E-state index < -0.39 is 17.7 Å². The molecule has 0 bridgehead atoms. The first kappa shape index (κ1) is 19.7. The quantitative estimate of drug-likeness (QED) is 0.288. The van der Waals surface area contributed by atoms with E-state index in [-0.39, 0.29) is 5.56 Å². The number of pyridine rings is 1. The van der Waals surface area contributed by atoms with Gasteiger partial charge in [0, 0.05) is 5.56 Å². The third kappa shape index (κ3) is 5.01. The van der Waals surface area contributed by atoms with Crippen molar-refractivity contribution in [2.45, 2.75) is 32.6 Å². The molecular weight excluding hydrogens is 359 g/mol. The fourth-order valence-electron chi connectivity index (χ4n) is 2.86. The van der Waals surface area contributed by atoms with E-state index in [0.29, 0.717) is 11.6 Å². The maximum Gasteiger partial charge on any atom is 0.251 e. The molecule has 1 aromatic heterocycles. The lowest BCUT2D eigenvalue weighted by molar-refractivity contribution is 0.446. The Bertz CT molecular complexity index is 997. The minimum atomic E-state index is -1.47. The van der Waals surface area contributed by atoms with Crippen molar-refractivity contribution >= 4 is 0 Å². The maximum atomic E-state index is 13.5. The summed E-state index contributed by atoms with van der Waals surface area (Å²) in [4.78, 5) is 2.86. The first-order valence-electron chi connectivity index (χ1n) is 9.29. The van der Waals surface area contributed by atoms with Crippen molar-refractivity contribution in [3.8, 4) is 23.0 Å². The van der Waals surface area contributed by atoms with Crippen LogP contribution in [0.4, 0.5) is 13.2 Å². The van der Waals surface area contributed by atoms with E-state index in [0.717, 1.165) is 17.5 Å². The van der Waals surface area contributed by atoms with Gasteiger partial charge in [0.05, 0.1) is 5.56 Å². The van der Waals surface area contributed by atoms with Crippen LogP contribution in [0.15, 0.2) is 54.6 Å². The lowest BCUT2D eigenvalue weighted by atomic mass is 10.0. The molecule has 0 amide bonds. The van der Waals surface area contributed by atoms with Gasteiger partial charge in [0.2, 0.25) is 5.95 Å². The lowest BCUT2D eigenvalue weighted by Crippen LogP contribution is -1.97. The molecule has 0 spiro atoms. The Kier molecular flexibility index (Phi) is 6.49. The molecule has 0 saturated heterocycles. The smallest absolute Gasteiger partial charge is 0.202 e. The highest BCUT2D eigenvalue weighted by Gasteiger charge is 2.09. The van der Waals surface area contributed by atoms with Crippen LogP contribution in [0.25, 0.3) is 11.1 Å². The molecule has 142 valence electrons. The first-order chi connectivity index (χ1) is 13.6. The summed E-state index contributed by atoms with van der Waals surface area (Å²) >= 11 is 0. The molecule has 0 unspecified atom stereocenters. The molecule has 0 atom stereocenters. The summed E-state index contributed by atoms with van der Waals surface area (Å²) in [6.07, 6.45) is 4.76. The topological polar surface area (TPSA) is 12.9 Å². The Hall–Kier alpha value is -3.06. The average molecular weight is 379 g/mol. The van der Waals surface area contributed by atoms with Crippen molar-refractivity contribution in [1.82, 2.24) is 4.98 Å². The van der Waals surface area contributed by atoms with Gasteiger partial charge in [-0.2, -0.15) is 13.8 Å². The highest BCUT2D eigenvalue weighted by Crippen LogP contribution is 2.21. The first-order valence-corrected chi connectivity index (χ1v) is 9.29. The van der Waals surface area contributed by atoms with E-state index in [1.165, 1.54) is 24.8 Å². The molecule has 28 heavy (non-hydrogen) atoms. The second-order valence-corrected chi connectivity index (χ2v) is 6.58. The number of benzene rings is 2. The average Bonchev–Trinajstić information content (AvgIpc) is 2.71. The molecule has 3 aromatic rings. The fourth-order valence-corrected chi connectivity index (χ4v) is 2.86. The third-order valence-corrected chi connectivity index (χ3v) is 4.47. The normalized spacial score (nSPS) is 10.4. The Morgan fingerprint density at radius 2 is 1.43 bits per heavy atom. The highest BCUT2D eigenvalue weighted by molar-refractivity contribution is 5.64. The van der Waals surface area contributed by atoms with Crippen molar-refractivity contribution in [3.63, 3.8) is 0 Å². The summed E-state index contributed by atoms with van der Waals surface area (Å²) in [7, 11) is 0. The fraction of sp³-hybridized carbons (Fsp3) is 0.208. The summed E-state index contributed by atoms with van der Waals surface area (Å²) < 4.78 is 39.6.